The molecule has 0 spiro atoms. The highest BCUT2D eigenvalue weighted by Crippen LogP contribution is 2.34. The molecule has 0 aromatic heterocycles. The summed E-state index contributed by atoms with van der Waals surface area (Å²) in [6.07, 6.45) is 1.59. The molecule has 114 valence electrons. The second kappa shape index (κ2) is 5.99. The smallest absolute Gasteiger partial charge is 0.244 e. The van der Waals surface area contributed by atoms with Crippen molar-refractivity contribution in [3.63, 3.8) is 0 Å². The molecule has 0 radical (unpaired) electrons. The highest BCUT2D eigenvalue weighted by Gasteiger charge is 2.46. The molecule has 1 aromatic rings. The maximum absolute atomic E-state index is 12.1. The molecule has 1 heterocycles. The van der Waals surface area contributed by atoms with Crippen LogP contribution in [0.2, 0.25) is 0 Å². The number of amides is 1. The van der Waals surface area contributed by atoms with E-state index < -0.39 is 5.54 Å². The van der Waals surface area contributed by atoms with E-state index in [9.17, 15) is 4.79 Å². The number of hydrogen-bond donors (Lipinski definition) is 2. The Balaban J connectivity index is 1.70. The van der Waals surface area contributed by atoms with Gasteiger partial charge in [0.1, 0.15) is 0 Å². The molecule has 1 aromatic carbocycles. The average molecular weight is 305 g/mol. The predicted molar refractivity (Wildman–Crippen MR) is 88.6 cm³/mol. The summed E-state index contributed by atoms with van der Waals surface area (Å²) >= 11 is 2.02. The molecule has 1 saturated carbocycles. The van der Waals surface area contributed by atoms with Crippen LogP contribution in [0.15, 0.2) is 18.2 Å². The minimum absolute atomic E-state index is 0.0443. The largest absolute Gasteiger partial charge is 0.324 e. The van der Waals surface area contributed by atoms with Crippen LogP contribution in [0.3, 0.4) is 0 Å². The Labute approximate surface area is 130 Å². The number of nitrogens with two attached hydrogens (primary N) is 1. The first-order valence-corrected chi connectivity index (χ1v) is 8.73. The van der Waals surface area contributed by atoms with Gasteiger partial charge in [0.2, 0.25) is 5.91 Å². The Kier molecular flexibility index (Phi) is 4.24. The van der Waals surface area contributed by atoms with Gasteiger partial charge in [-0.1, -0.05) is 12.1 Å². The summed E-state index contributed by atoms with van der Waals surface area (Å²) in [5.74, 6) is 2.38. The Hall–Kier alpha value is -1.04. The molecule has 3 N–H and O–H groups in total. The minimum Gasteiger partial charge on any atom is -0.324 e. The van der Waals surface area contributed by atoms with E-state index in [1.54, 1.807) is 0 Å². The van der Waals surface area contributed by atoms with Crippen LogP contribution >= 0.6 is 11.8 Å². The lowest BCUT2D eigenvalue weighted by Crippen LogP contribution is -2.38. The fourth-order valence-corrected chi connectivity index (χ4v) is 3.58. The molecular formula is C16H23N3OS. The summed E-state index contributed by atoms with van der Waals surface area (Å²) < 4.78 is 0. The summed E-state index contributed by atoms with van der Waals surface area (Å²) in [5.41, 5.74) is 8.69. The summed E-state index contributed by atoms with van der Waals surface area (Å²) in [6, 6.07) is 6.14. The lowest BCUT2D eigenvalue weighted by molar-refractivity contribution is -0.118. The van der Waals surface area contributed by atoms with E-state index in [2.05, 4.69) is 23.2 Å². The van der Waals surface area contributed by atoms with E-state index in [4.69, 9.17) is 5.73 Å². The van der Waals surface area contributed by atoms with Crippen molar-refractivity contribution in [2.45, 2.75) is 31.8 Å². The fourth-order valence-electron chi connectivity index (χ4n) is 2.60. The number of anilines is 1. The standard InChI is InChI=1S/C16H23N3OS/c1-12-13(11-19-7-9-21-10-8-19)3-2-4-14(12)18-15(20)16(17)5-6-16/h2-4H,5-11,17H2,1H3,(H,18,20). The van der Waals surface area contributed by atoms with Crippen LogP contribution in [0.25, 0.3) is 0 Å². The number of nitrogens with zero attached hydrogens (tertiary/aromatic N) is 1. The number of nitrogens with one attached hydrogen (secondary N) is 1. The van der Waals surface area contributed by atoms with E-state index >= 15 is 0 Å². The topological polar surface area (TPSA) is 58.4 Å². The first kappa shape index (κ1) is 14.9. The van der Waals surface area contributed by atoms with Crippen LogP contribution in [0.4, 0.5) is 5.69 Å². The van der Waals surface area contributed by atoms with Crippen LogP contribution < -0.4 is 11.1 Å². The molecule has 21 heavy (non-hydrogen) atoms. The molecule has 2 fully saturated rings. The lowest BCUT2D eigenvalue weighted by Gasteiger charge is -2.27. The molecule has 2 aliphatic rings. The van der Waals surface area contributed by atoms with Gasteiger partial charge < -0.3 is 11.1 Å². The third-order valence-corrected chi connectivity index (χ3v) is 5.38. The van der Waals surface area contributed by atoms with Crippen molar-refractivity contribution in [2.75, 3.05) is 29.9 Å². The second-order valence-electron chi connectivity index (χ2n) is 6.09. The molecule has 1 saturated heterocycles. The first-order valence-electron chi connectivity index (χ1n) is 7.57. The second-order valence-corrected chi connectivity index (χ2v) is 7.31. The molecule has 5 heteroatoms. The number of thioether (sulfide) groups is 1. The fraction of sp³-hybridized carbons (Fsp3) is 0.562. The van der Waals surface area contributed by atoms with Crippen LogP contribution in [0.1, 0.15) is 24.0 Å². The molecule has 3 rings (SSSR count). The zero-order valence-corrected chi connectivity index (χ0v) is 13.3. The number of rotatable bonds is 4. The Morgan fingerprint density at radius 2 is 2.10 bits per heavy atom. The molecule has 4 nitrogen and oxygen atoms in total. The normalized spacial score (nSPS) is 21.0. The highest BCUT2D eigenvalue weighted by atomic mass is 32.2. The van der Waals surface area contributed by atoms with Crippen LogP contribution in [0.5, 0.6) is 0 Å². The van der Waals surface area contributed by atoms with Gasteiger partial charge in [-0.25, -0.2) is 0 Å². The number of hydrogen-bond acceptors (Lipinski definition) is 4. The van der Waals surface area contributed by atoms with Gasteiger partial charge >= 0.3 is 0 Å². The lowest BCUT2D eigenvalue weighted by atomic mass is 10.1. The monoisotopic (exact) mass is 305 g/mol. The van der Waals surface area contributed by atoms with E-state index in [0.717, 1.165) is 43.7 Å². The van der Waals surface area contributed by atoms with Gasteiger partial charge in [0, 0.05) is 36.8 Å². The van der Waals surface area contributed by atoms with Crippen molar-refractivity contribution >= 4 is 23.4 Å². The molecule has 1 aliphatic carbocycles. The van der Waals surface area contributed by atoms with Crippen molar-refractivity contribution in [3.05, 3.63) is 29.3 Å². The SMILES string of the molecule is Cc1c(CN2CCSCC2)cccc1NC(=O)C1(N)CC1. The summed E-state index contributed by atoms with van der Waals surface area (Å²) in [6.45, 7) is 5.34. The van der Waals surface area contributed by atoms with Crippen molar-refractivity contribution in [2.24, 2.45) is 5.73 Å². The maximum atomic E-state index is 12.1. The van der Waals surface area contributed by atoms with E-state index in [1.807, 2.05) is 23.9 Å². The van der Waals surface area contributed by atoms with Gasteiger partial charge in [-0.05, 0) is 37.0 Å². The molecule has 1 aliphatic heterocycles. The first-order chi connectivity index (χ1) is 10.1. The summed E-state index contributed by atoms with van der Waals surface area (Å²) in [5, 5.41) is 3.00. The Morgan fingerprint density at radius 1 is 1.38 bits per heavy atom. The van der Waals surface area contributed by atoms with Gasteiger partial charge in [0.15, 0.2) is 0 Å². The van der Waals surface area contributed by atoms with Gasteiger partial charge in [0.25, 0.3) is 0 Å². The van der Waals surface area contributed by atoms with Gasteiger partial charge in [0.05, 0.1) is 5.54 Å². The molecule has 0 atom stereocenters. The zero-order valence-electron chi connectivity index (χ0n) is 12.5. The molecule has 1 amide bonds. The average Bonchev–Trinajstić information content (AvgIpc) is 3.24. The number of carbonyl (C=O) groups is 1. The quantitative estimate of drug-likeness (QED) is 0.893. The third kappa shape index (κ3) is 3.42. The molecule has 0 bridgehead atoms. The highest BCUT2D eigenvalue weighted by molar-refractivity contribution is 7.99. The Bertz CT molecular complexity index is 536. The van der Waals surface area contributed by atoms with Gasteiger partial charge in [-0.2, -0.15) is 11.8 Å². The number of benzene rings is 1. The number of carbonyl (C=O) groups excluding carboxylic acids is 1. The van der Waals surface area contributed by atoms with Crippen molar-refractivity contribution < 1.29 is 4.79 Å². The Morgan fingerprint density at radius 3 is 2.76 bits per heavy atom. The van der Waals surface area contributed by atoms with Gasteiger partial charge in [-0.3, -0.25) is 9.69 Å². The van der Waals surface area contributed by atoms with E-state index in [0.29, 0.717) is 0 Å². The molecule has 0 unspecified atom stereocenters. The predicted octanol–water partition coefficient (Wildman–Crippen LogP) is 1.97. The van der Waals surface area contributed by atoms with Crippen LogP contribution in [-0.2, 0) is 11.3 Å². The van der Waals surface area contributed by atoms with Crippen molar-refractivity contribution in [1.29, 1.82) is 0 Å². The third-order valence-electron chi connectivity index (χ3n) is 4.43. The van der Waals surface area contributed by atoms with Crippen molar-refractivity contribution in [1.82, 2.24) is 4.90 Å². The molecular weight excluding hydrogens is 282 g/mol. The summed E-state index contributed by atoms with van der Waals surface area (Å²) in [4.78, 5) is 14.6. The zero-order chi connectivity index (χ0) is 14.9. The maximum Gasteiger partial charge on any atom is 0.244 e. The minimum atomic E-state index is -0.619. The summed E-state index contributed by atoms with van der Waals surface area (Å²) in [7, 11) is 0. The van der Waals surface area contributed by atoms with Crippen LogP contribution in [-0.4, -0.2) is 40.9 Å². The van der Waals surface area contributed by atoms with E-state index in [1.165, 1.54) is 17.1 Å². The van der Waals surface area contributed by atoms with Crippen molar-refractivity contribution in [3.8, 4) is 0 Å². The van der Waals surface area contributed by atoms with E-state index in [-0.39, 0.29) is 5.91 Å². The van der Waals surface area contributed by atoms with Gasteiger partial charge in [-0.15, -0.1) is 0 Å². The van der Waals surface area contributed by atoms with Crippen LogP contribution in [0, 0.1) is 6.92 Å².